The van der Waals surface area contributed by atoms with Gasteiger partial charge in [-0.3, -0.25) is 0 Å². The maximum absolute atomic E-state index is 5.90. The molecular weight excluding hydrogens is 324 g/mol. The molecule has 1 fully saturated rings. The smallest absolute Gasteiger partial charge is 0.226 e. The fourth-order valence-electron chi connectivity index (χ4n) is 3.41. The van der Waals surface area contributed by atoms with E-state index in [-0.39, 0.29) is 0 Å². The van der Waals surface area contributed by atoms with Gasteiger partial charge in [-0.05, 0) is 55.6 Å². The van der Waals surface area contributed by atoms with Gasteiger partial charge >= 0.3 is 0 Å². The first-order valence-electron chi connectivity index (χ1n) is 9.25. The van der Waals surface area contributed by atoms with E-state index in [1.807, 2.05) is 37.3 Å². The number of ether oxygens (including phenoxy) is 1. The number of nitrogens with zero attached hydrogens (tertiary/aromatic N) is 1. The summed E-state index contributed by atoms with van der Waals surface area (Å²) in [5, 5.41) is 3.41. The van der Waals surface area contributed by atoms with Crippen molar-refractivity contribution < 1.29 is 9.15 Å². The van der Waals surface area contributed by atoms with E-state index in [1.54, 1.807) is 0 Å². The first kappa shape index (κ1) is 16.9. The molecule has 1 atom stereocenters. The first-order valence-corrected chi connectivity index (χ1v) is 9.25. The highest BCUT2D eigenvalue weighted by molar-refractivity contribution is 5.53. The van der Waals surface area contributed by atoms with Crippen LogP contribution in [0.3, 0.4) is 0 Å². The molecule has 4 nitrogen and oxygen atoms in total. The van der Waals surface area contributed by atoms with Crippen molar-refractivity contribution in [1.29, 1.82) is 0 Å². The van der Waals surface area contributed by atoms with E-state index in [2.05, 4.69) is 34.6 Å². The Kier molecular flexibility index (Phi) is 5.02. The third-order valence-corrected chi connectivity index (χ3v) is 4.93. The second-order valence-corrected chi connectivity index (χ2v) is 6.75. The van der Waals surface area contributed by atoms with Crippen molar-refractivity contribution in [2.75, 3.05) is 19.7 Å². The molecule has 1 aromatic heterocycles. The summed E-state index contributed by atoms with van der Waals surface area (Å²) in [4.78, 5) is 4.62. The van der Waals surface area contributed by atoms with Crippen LogP contribution in [0.5, 0.6) is 5.75 Å². The second-order valence-electron chi connectivity index (χ2n) is 6.75. The molecule has 26 heavy (non-hydrogen) atoms. The van der Waals surface area contributed by atoms with Crippen molar-refractivity contribution >= 4 is 0 Å². The van der Waals surface area contributed by atoms with Gasteiger partial charge in [-0.1, -0.05) is 30.3 Å². The van der Waals surface area contributed by atoms with E-state index >= 15 is 0 Å². The standard InChI is InChI=1S/C22H24N2O2/c1-16-21(24-22(26-16)18-5-3-2-4-6-18)12-14-25-20-9-7-17(8-10-20)19-11-13-23-15-19/h2-10,19,23H,11-15H2,1H3/t19-/m1/s1. The number of rotatable bonds is 6. The molecule has 2 heterocycles. The minimum Gasteiger partial charge on any atom is -0.493 e. The van der Waals surface area contributed by atoms with Crippen LogP contribution in [0.4, 0.5) is 0 Å². The number of oxazole rings is 1. The highest BCUT2D eigenvalue weighted by atomic mass is 16.5. The van der Waals surface area contributed by atoms with Crippen molar-refractivity contribution in [3.05, 3.63) is 71.6 Å². The summed E-state index contributed by atoms with van der Waals surface area (Å²) < 4.78 is 11.7. The van der Waals surface area contributed by atoms with Crippen LogP contribution in [0.1, 0.15) is 29.4 Å². The summed E-state index contributed by atoms with van der Waals surface area (Å²) in [7, 11) is 0. The lowest BCUT2D eigenvalue weighted by Gasteiger charge is -2.10. The summed E-state index contributed by atoms with van der Waals surface area (Å²) in [6, 6.07) is 18.5. The topological polar surface area (TPSA) is 47.3 Å². The van der Waals surface area contributed by atoms with Crippen molar-refractivity contribution in [3.8, 4) is 17.2 Å². The summed E-state index contributed by atoms with van der Waals surface area (Å²) in [6.07, 6.45) is 1.95. The minimum atomic E-state index is 0.589. The molecule has 0 spiro atoms. The Morgan fingerprint density at radius 1 is 1.12 bits per heavy atom. The summed E-state index contributed by atoms with van der Waals surface area (Å²) in [5.74, 6) is 3.08. The van der Waals surface area contributed by atoms with Crippen LogP contribution in [0.25, 0.3) is 11.5 Å². The van der Waals surface area contributed by atoms with Crippen molar-refractivity contribution in [3.63, 3.8) is 0 Å². The van der Waals surface area contributed by atoms with E-state index in [4.69, 9.17) is 9.15 Å². The van der Waals surface area contributed by atoms with Gasteiger partial charge in [0.05, 0.1) is 12.3 Å². The zero-order chi connectivity index (χ0) is 17.8. The molecule has 4 rings (SSSR count). The van der Waals surface area contributed by atoms with Gasteiger partial charge < -0.3 is 14.5 Å². The third kappa shape index (κ3) is 3.81. The van der Waals surface area contributed by atoms with Gasteiger partial charge in [-0.25, -0.2) is 4.98 Å². The molecule has 1 aliphatic rings. The quantitative estimate of drug-likeness (QED) is 0.719. The Morgan fingerprint density at radius 2 is 1.92 bits per heavy atom. The Morgan fingerprint density at radius 3 is 2.65 bits per heavy atom. The van der Waals surface area contributed by atoms with E-state index in [1.165, 1.54) is 12.0 Å². The fourth-order valence-corrected chi connectivity index (χ4v) is 3.41. The van der Waals surface area contributed by atoms with Gasteiger partial charge in [0.15, 0.2) is 0 Å². The predicted molar refractivity (Wildman–Crippen MR) is 103 cm³/mol. The van der Waals surface area contributed by atoms with Crippen LogP contribution in [0, 0.1) is 6.92 Å². The average molecular weight is 348 g/mol. The number of aryl methyl sites for hydroxylation is 1. The van der Waals surface area contributed by atoms with Crippen LogP contribution in [0.15, 0.2) is 59.0 Å². The van der Waals surface area contributed by atoms with Crippen molar-refractivity contribution in [2.24, 2.45) is 0 Å². The van der Waals surface area contributed by atoms with Crippen LogP contribution in [-0.2, 0) is 6.42 Å². The summed E-state index contributed by atoms with van der Waals surface area (Å²) >= 11 is 0. The SMILES string of the molecule is Cc1oc(-c2ccccc2)nc1CCOc1ccc([C@@H]2CCNC2)cc1. The number of hydrogen-bond acceptors (Lipinski definition) is 4. The average Bonchev–Trinajstić information content (AvgIpc) is 3.34. The second kappa shape index (κ2) is 7.75. The minimum absolute atomic E-state index is 0.589. The van der Waals surface area contributed by atoms with Gasteiger partial charge in [0, 0.05) is 18.5 Å². The first-order chi connectivity index (χ1) is 12.8. The fraction of sp³-hybridized carbons (Fsp3) is 0.318. The van der Waals surface area contributed by atoms with Gasteiger partial charge in [-0.15, -0.1) is 0 Å². The largest absolute Gasteiger partial charge is 0.493 e. The predicted octanol–water partition coefficient (Wildman–Crippen LogP) is 4.35. The van der Waals surface area contributed by atoms with Crippen LogP contribution in [0.2, 0.25) is 0 Å². The van der Waals surface area contributed by atoms with Crippen LogP contribution >= 0.6 is 0 Å². The molecule has 1 N–H and O–H groups in total. The monoisotopic (exact) mass is 348 g/mol. The molecule has 1 aliphatic heterocycles. The highest BCUT2D eigenvalue weighted by Gasteiger charge is 2.16. The maximum Gasteiger partial charge on any atom is 0.226 e. The molecule has 4 heteroatoms. The number of aromatic nitrogens is 1. The molecule has 0 aliphatic carbocycles. The summed E-state index contributed by atoms with van der Waals surface area (Å²) in [5.41, 5.74) is 3.35. The van der Waals surface area contributed by atoms with Gasteiger partial charge in [0.2, 0.25) is 5.89 Å². The lowest BCUT2D eigenvalue weighted by Crippen LogP contribution is -2.08. The zero-order valence-corrected chi connectivity index (χ0v) is 15.1. The Labute approximate surface area is 154 Å². The lowest BCUT2D eigenvalue weighted by molar-refractivity contribution is 0.319. The third-order valence-electron chi connectivity index (χ3n) is 4.93. The van der Waals surface area contributed by atoms with Crippen molar-refractivity contribution in [1.82, 2.24) is 10.3 Å². The van der Waals surface area contributed by atoms with Gasteiger partial charge in [0.25, 0.3) is 0 Å². The lowest BCUT2D eigenvalue weighted by atomic mass is 9.98. The Bertz CT molecular complexity index is 834. The van der Waals surface area contributed by atoms with E-state index in [9.17, 15) is 0 Å². The number of hydrogen-bond donors (Lipinski definition) is 1. The molecule has 0 bridgehead atoms. The zero-order valence-electron chi connectivity index (χ0n) is 15.1. The van der Waals surface area contributed by atoms with Crippen molar-refractivity contribution in [2.45, 2.75) is 25.7 Å². The Hall–Kier alpha value is -2.59. The van der Waals surface area contributed by atoms with Gasteiger partial charge in [-0.2, -0.15) is 0 Å². The molecule has 0 saturated carbocycles. The molecule has 0 amide bonds. The number of benzene rings is 2. The van der Waals surface area contributed by atoms with E-state index in [0.717, 1.165) is 42.3 Å². The molecule has 3 aromatic rings. The number of nitrogens with one attached hydrogen (secondary N) is 1. The molecule has 134 valence electrons. The molecule has 0 radical (unpaired) electrons. The van der Waals surface area contributed by atoms with Crippen LogP contribution in [-0.4, -0.2) is 24.7 Å². The molecule has 0 unspecified atom stereocenters. The molecule has 1 saturated heterocycles. The van der Waals surface area contributed by atoms with Gasteiger partial charge in [0.1, 0.15) is 11.5 Å². The maximum atomic E-state index is 5.90. The highest BCUT2D eigenvalue weighted by Crippen LogP contribution is 2.25. The van der Waals surface area contributed by atoms with Crippen LogP contribution < -0.4 is 10.1 Å². The Balaban J connectivity index is 1.34. The van der Waals surface area contributed by atoms with E-state index in [0.29, 0.717) is 18.4 Å². The summed E-state index contributed by atoms with van der Waals surface area (Å²) in [6.45, 7) is 4.74. The van der Waals surface area contributed by atoms with E-state index < -0.39 is 0 Å². The normalized spacial score (nSPS) is 16.7. The molecular formula is C22H24N2O2. The molecule has 2 aromatic carbocycles.